The summed E-state index contributed by atoms with van der Waals surface area (Å²) >= 11 is 0. The van der Waals surface area contributed by atoms with Gasteiger partial charge in [0.15, 0.2) is 0 Å². The fourth-order valence-electron chi connectivity index (χ4n) is 0.349. The third-order valence-corrected chi connectivity index (χ3v) is 0.757. The lowest BCUT2D eigenvalue weighted by molar-refractivity contribution is -0.862. The van der Waals surface area contributed by atoms with E-state index in [0.29, 0.717) is 0 Å². The van der Waals surface area contributed by atoms with Crippen molar-refractivity contribution in [2.75, 3.05) is 34.3 Å². The summed E-state index contributed by atoms with van der Waals surface area (Å²) in [6.45, 7) is 0.764. The van der Waals surface area contributed by atoms with Gasteiger partial charge in [0, 0.05) is 0 Å². The molecular weight excluding hydrogens is 114 g/mol. The van der Waals surface area contributed by atoms with Gasteiger partial charge in [-0.15, -0.1) is 0 Å². The van der Waals surface area contributed by atoms with Gasteiger partial charge in [-0.05, 0) is 5.92 Å². The van der Waals surface area contributed by atoms with Crippen molar-refractivity contribution in [2.24, 2.45) is 0 Å². The van der Waals surface area contributed by atoms with Crippen LogP contribution in [0.25, 0.3) is 0 Å². The Morgan fingerprint density at radius 1 is 1.22 bits per heavy atom. The van der Waals surface area contributed by atoms with Gasteiger partial charge in [-0.25, -0.2) is 0 Å². The first kappa shape index (κ1) is 8.48. The SMILES string of the molecule is C[N+](C)(C)CC#CCO. The highest BCUT2D eigenvalue weighted by atomic mass is 16.2. The summed E-state index contributed by atoms with van der Waals surface area (Å²) in [5.74, 6) is 5.44. The third kappa shape index (κ3) is 7.48. The zero-order chi connectivity index (χ0) is 7.33. The van der Waals surface area contributed by atoms with E-state index in [4.69, 9.17) is 5.11 Å². The molecule has 0 aliphatic heterocycles. The number of aliphatic hydroxyl groups is 1. The lowest BCUT2D eigenvalue weighted by Crippen LogP contribution is -2.34. The molecule has 0 amide bonds. The van der Waals surface area contributed by atoms with Gasteiger partial charge < -0.3 is 9.59 Å². The van der Waals surface area contributed by atoms with Crippen molar-refractivity contribution in [1.82, 2.24) is 0 Å². The second kappa shape index (κ2) is 3.49. The highest BCUT2D eigenvalue weighted by Crippen LogP contribution is 1.84. The standard InChI is InChI=1S/C7H14NO/c1-8(2,3)6-4-5-7-9/h9H,6-7H2,1-3H3/q+1. The number of quaternary nitrogens is 1. The Bertz CT molecular complexity index is 124. The first-order valence-electron chi connectivity index (χ1n) is 2.93. The predicted octanol–water partition coefficient (Wildman–Crippen LogP) is -0.312. The maximum atomic E-state index is 8.28. The fraction of sp³-hybridized carbons (Fsp3) is 0.714. The van der Waals surface area contributed by atoms with E-state index in [9.17, 15) is 0 Å². The van der Waals surface area contributed by atoms with Crippen LogP contribution in [0.2, 0.25) is 0 Å². The van der Waals surface area contributed by atoms with Crippen molar-refractivity contribution in [1.29, 1.82) is 0 Å². The van der Waals surface area contributed by atoms with Gasteiger partial charge in [-0.3, -0.25) is 0 Å². The monoisotopic (exact) mass is 128 g/mol. The molecule has 2 nitrogen and oxygen atoms in total. The maximum Gasteiger partial charge on any atom is 0.140 e. The van der Waals surface area contributed by atoms with E-state index in [1.54, 1.807) is 0 Å². The van der Waals surface area contributed by atoms with E-state index in [2.05, 4.69) is 33.0 Å². The molecule has 2 heteroatoms. The van der Waals surface area contributed by atoms with Crippen LogP contribution in [0.5, 0.6) is 0 Å². The zero-order valence-corrected chi connectivity index (χ0v) is 6.31. The van der Waals surface area contributed by atoms with Gasteiger partial charge in [0.2, 0.25) is 0 Å². The summed E-state index contributed by atoms with van der Waals surface area (Å²) in [4.78, 5) is 0. The second-order valence-electron chi connectivity index (χ2n) is 2.96. The van der Waals surface area contributed by atoms with Crippen molar-refractivity contribution in [2.45, 2.75) is 0 Å². The van der Waals surface area contributed by atoms with Crippen LogP contribution in [0.1, 0.15) is 0 Å². The Hall–Kier alpha value is -0.520. The molecule has 0 aliphatic rings. The molecule has 9 heavy (non-hydrogen) atoms. The Morgan fingerprint density at radius 2 is 1.78 bits per heavy atom. The molecule has 0 saturated carbocycles. The van der Waals surface area contributed by atoms with E-state index >= 15 is 0 Å². The van der Waals surface area contributed by atoms with E-state index in [-0.39, 0.29) is 6.61 Å². The molecule has 0 atom stereocenters. The Labute approximate surface area is 56.7 Å². The first-order valence-corrected chi connectivity index (χ1v) is 2.93. The molecule has 0 heterocycles. The van der Waals surface area contributed by atoms with Crippen LogP contribution in [-0.2, 0) is 0 Å². The minimum Gasteiger partial charge on any atom is -0.384 e. The second-order valence-corrected chi connectivity index (χ2v) is 2.96. The number of rotatable bonds is 1. The van der Waals surface area contributed by atoms with Crippen LogP contribution in [-0.4, -0.2) is 43.9 Å². The van der Waals surface area contributed by atoms with E-state index in [1.165, 1.54) is 0 Å². The summed E-state index contributed by atoms with van der Waals surface area (Å²) in [6.07, 6.45) is 0. The molecule has 0 unspecified atom stereocenters. The normalized spacial score (nSPS) is 10.2. The van der Waals surface area contributed by atoms with Gasteiger partial charge in [0.1, 0.15) is 13.2 Å². The molecule has 0 aromatic heterocycles. The topological polar surface area (TPSA) is 20.2 Å². The fourth-order valence-corrected chi connectivity index (χ4v) is 0.349. The minimum absolute atomic E-state index is 0.0278. The van der Waals surface area contributed by atoms with Gasteiger partial charge >= 0.3 is 0 Å². The van der Waals surface area contributed by atoms with Crippen LogP contribution >= 0.6 is 0 Å². The largest absolute Gasteiger partial charge is 0.384 e. The Morgan fingerprint density at radius 3 is 2.11 bits per heavy atom. The number of hydrogen-bond acceptors (Lipinski definition) is 1. The highest BCUT2D eigenvalue weighted by molar-refractivity contribution is 4.98. The molecular formula is C7H14NO+. The average Bonchev–Trinajstić information content (AvgIpc) is 1.63. The predicted molar refractivity (Wildman–Crippen MR) is 37.8 cm³/mol. The number of hydrogen-bond donors (Lipinski definition) is 1. The van der Waals surface area contributed by atoms with Crippen LogP contribution in [0.15, 0.2) is 0 Å². The van der Waals surface area contributed by atoms with Gasteiger partial charge in [0.05, 0.1) is 21.1 Å². The molecule has 0 radical (unpaired) electrons. The van der Waals surface area contributed by atoms with Crippen LogP contribution in [0.3, 0.4) is 0 Å². The molecule has 0 saturated heterocycles. The Balaban J connectivity index is 3.50. The lowest BCUT2D eigenvalue weighted by atomic mass is 10.5. The molecule has 0 fully saturated rings. The first-order chi connectivity index (χ1) is 4.06. The third-order valence-electron chi connectivity index (χ3n) is 0.757. The lowest BCUT2D eigenvalue weighted by Gasteiger charge is -2.19. The molecule has 0 aromatic rings. The summed E-state index contributed by atoms with van der Waals surface area (Å²) in [5, 5.41) is 8.28. The number of aliphatic hydroxyl groups excluding tert-OH is 1. The number of nitrogens with zero attached hydrogens (tertiary/aromatic N) is 1. The van der Waals surface area contributed by atoms with Crippen molar-refractivity contribution in [3.05, 3.63) is 0 Å². The van der Waals surface area contributed by atoms with Crippen LogP contribution < -0.4 is 0 Å². The van der Waals surface area contributed by atoms with Gasteiger partial charge in [0.25, 0.3) is 0 Å². The van der Waals surface area contributed by atoms with Crippen LogP contribution in [0, 0.1) is 11.8 Å². The van der Waals surface area contributed by atoms with Crippen LogP contribution in [0.4, 0.5) is 0 Å². The average molecular weight is 128 g/mol. The van der Waals surface area contributed by atoms with Gasteiger partial charge in [-0.1, -0.05) is 5.92 Å². The summed E-state index contributed by atoms with van der Waals surface area (Å²) in [7, 11) is 6.18. The zero-order valence-electron chi connectivity index (χ0n) is 6.31. The van der Waals surface area contributed by atoms with Crippen molar-refractivity contribution in [3.63, 3.8) is 0 Å². The summed E-state index contributed by atoms with van der Waals surface area (Å²) in [6, 6.07) is 0. The van der Waals surface area contributed by atoms with Crippen molar-refractivity contribution in [3.8, 4) is 11.8 Å². The van der Waals surface area contributed by atoms with E-state index in [0.717, 1.165) is 11.0 Å². The molecule has 0 aromatic carbocycles. The molecule has 1 N–H and O–H groups in total. The molecule has 0 spiro atoms. The van der Waals surface area contributed by atoms with Gasteiger partial charge in [-0.2, -0.15) is 0 Å². The maximum absolute atomic E-state index is 8.28. The molecule has 52 valence electrons. The quantitative estimate of drug-likeness (QED) is 0.379. The van der Waals surface area contributed by atoms with Crippen molar-refractivity contribution < 1.29 is 9.59 Å². The molecule has 0 aliphatic carbocycles. The minimum atomic E-state index is -0.0278. The van der Waals surface area contributed by atoms with Crippen molar-refractivity contribution >= 4 is 0 Å². The summed E-state index contributed by atoms with van der Waals surface area (Å²) in [5.41, 5.74) is 0. The molecule has 0 rings (SSSR count). The van der Waals surface area contributed by atoms with E-state index in [1.807, 2.05) is 0 Å². The molecule has 0 bridgehead atoms. The Kier molecular flexibility index (Phi) is 3.29. The smallest absolute Gasteiger partial charge is 0.140 e. The highest BCUT2D eigenvalue weighted by Gasteiger charge is 2.00. The van der Waals surface area contributed by atoms with E-state index < -0.39 is 0 Å². The summed E-state index contributed by atoms with van der Waals surface area (Å²) < 4.78 is 0.826.